The molecule has 2 atom stereocenters. The molecule has 148 valence electrons. The fourth-order valence-electron chi connectivity index (χ4n) is 2.97. The van der Waals surface area contributed by atoms with Gasteiger partial charge in [-0.25, -0.2) is 0 Å². The van der Waals surface area contributed by atoms with E-state index in [2.05, 4.69) is 16.0 Å². The van der Waals surface area contributed by atoms with Crippen molar-refractivity contribution in [3.05, 3.63) is 71.8 Å². The van der Waals surface area contributed by atoms with E-state index in [1.165, 1.54) is 6.92 Å². The minimum atomic E-state index is -0.644. The molecule has 0 aromatic heterocycles. The first-order valence-corrected chi connectivity index (χ1v) is 9.32. The molecule has 28 heavy (non-hydrogen) atoms. The van der Waals surface area contributed by atoms with Crippen molar-refractivity contribution in [3.63, 3.8) is 0 Å². The van der Waals surface area contributed by atoms with E-state index in [9.17, 15) is 14.4 Å². The van der Waals surface area contributed by atoms with Crippen LogP contribution in [0.2, 0.25) is 0 Å². The quantitative estimate of drug-likeness (QED) is 0.578. The number of ketones is 1. The lowest BCUT2D eigenvalue weighted by molar-refractivity contribution is -0.127. The molecule has 0 aliphatic carbocycles. The predicted molar refractivity (Wildman–Crippen MR) is 109 cm³/mol. The van der Waals surface area contributed by atoms with E-state index in [-0.39, 0.29) is 24.1 Å². The molecule has 2 amide bonds. The molecule has 0 unspecified atom stereocenters. The van der Waals surface area contributed by atoms with Crippen molar-refractivity contribution in [2.45, 2.75) is 31.8 Å². The van der Waals surface area contributed by atoms with Crippen molar-refractivity contribution in [1.82, 2.24) is 16.0 Å². The largest absolute Gasteiger partial charge is 0.358 e. The normalized spacial score (nSPS) is 12.6. The molecule has 3 N–H and O–H groups in total. The van der Waals surface area contributed by atoms with Gasteiger partial charge in [-0.2, -0.15) is 0 Å². The minimum Gasteiger partial charge on any atom is -0.358 e. The second kappa shape index (κ2) is 11.0. The topological polar surface area (TPSA) is 87.3 Å². The molecule has 6 nitrogen and oxygen atoms in total. The summed E-state index contributed by atoms with van der Waals surface area (Å²) in [5.74, 6) is -0.613. The SMILES string of the molecule is CNC(=O)[C@H](Cc1ccccc1)NCC(=O)[C@H](Cc1ccccc1)NC(C)=O. The minimum absolute atomic E-state index is 0.0112. The van der Waals surface area contributed by atoms with Crippen LogP contribution in [0, 0.1) is 0 Å². The van der Waals surface area contributed by atoms with Crippen LogP contribution in [-0.4, -0.2) is 43.3 Å². The van der Waals surface area contributed by atoms with Gasteiger partial charge in [-0.05, 0) is 24.0 Å². The van der Waals surface area contributed by atoms with Crippen LogP contribution < -0.4 is 16.0 Å². The molecule has 2 rings (SSSR count). The fraction of sp³-hybridized carbons (Fsp3) is 0.318. The summed E-state index contributed by atoms with van der Waals surface area (Å²) in [6, 6.07) is 18.0. The van der Waals surface area contributed by atoms with E-state index < -0.39 is 12.1 Å². The van der Waals surface area contributed by atoms with Crippen molar-refractivity contribution in [2.24, 2.45) is 0 Å². The molecule has 2 aromatic rings. The van der Waals surface area contributed by atoms with Gasteiger partial charge in [0.1, 0.15) is 0 Å². The Bertz CT molecular complexity index is 778. The number of rotatable bonds is 10. The molecule has 0 aliphatic heterocycles. The van der Waals surface area contributed by atoms with E-state index in [1.54, 1.807) is 7.05 Å². The molecular weight excluding hydrogens is 354 g/mol. The maximum absolute atomic E-state index is 12.7. The first-order chi connectivity index (χ1) is 13.5. The second-order valence-electron chi connectivity index (χ2n) is 6.65. The van der Waals surface area contributed by atoms with Gasteiger partial charge in [-0.1, -0.05) is 60.7 Å². The van der Waals surface area contributed by atoms with Crippen LogP contribution in [0.25, 0.3) is 0 Å². The number of nitrogens with one attached hydrogen (secondary N) is 3. The van der Waals surface area contributed by atoms with Gasteiger partial charge < -0.3 is 10.6 Å². The third-order valence-electron chi connectivity index (χ3n) is 4.42. The van der Waals surface area contributed by atoms with Crippen molar-refractivity contribution in [1.29, 1.82) is 0 Å². The van der Waals surface area contributed by atoms with Gasteiger partial charge >= 0.3 is 0 Å². The van der Waals surface area contributed by atoms with E-state index in [0.717, 1.165) is 11.1 Å². The first kappa shape index (κ1) is 21.3. The lowest BCUT2D eigenvalue weighted by Crippen LogP contribution is -2.50. The summed E-state index contributed by atoms with van der Waals surface area (Å²) in [5.41, 5.74) is 1.96. The maximum Gasteiger partial charge on any atom is 0.237 e. The molecule has 0 bridgehead atoms. The Morgan fingerprint density at radius 2 is 1.32 bits per heavy atom. The number of carbonyl (C=O) groups excluding carboxylic acids is 3. The molecule has 0 saturated carbocycles. The first-order valence-electron chi connectivity index (χ1n) is 9.32. The number of hydrogen-bond acceptors (Lipinski definition) is 4. The fourth-order valence-corrected chi connectivity index (χ4v) is 2.97. The molecule has 0 aliphatic rings. The van der Waals surface area contributed by atoms with Crippen LogP contribution in [0.1, 0.15) is 18.1 Å². The Morgan fingerprint density at radius 1 is 0.821 bits per heavy atom. The molecule has 0 fully saturated rings. The number of Topliss-reactive ketones (excluding diaryl/α,β-unsaturated/α-hetero) is 1. The van der Waals surface area contributed by atoms with Gasteiger partial charge in [-0.15, -0.1) is 0 Å². The van der Waals surface area contributed by atoms with Gasteiger partial charge in [0.2, 0.25) is 11.8 Å². The summed E-state index contributed by atoms with van der Waals surface area (Å²) < 4.78 is 0. The van der Waals surface area contributed by atoms with E-state index in [4.69, 9.17) is 0 Å². The van der Waals surface area contributed by atoms with Crippen LogP contribution in [0.4, 0.5) is 0 Å². The van der Waals surface area contributed by atoms with Crippen molar-refractivity contribution in [3.8, 4) is 0 Å². The summed E-state index contributed by atoms with van der Waals surface area (Å²) in [7, 11) is 1.57. The maximum atomic E-state index is 12.7. The van der Waals surface area contributed by atoms with E-state index in [1.807, 2.05) is 60.7 Å². The van der Waals surface area contributed by atoms with E-state index in [0.29, 0.717) is 12.8 Å². The highest BCUT2D eigenvalue weighted by molar-refractivity contribution is 5.91. The molecule has 0 saturated heterocycles. The average Bonchev–Trinajstić information content (AvgIpc) is 2.71. The molecule has 0 radical (unpaired) electrons. The summed E-state index contributed by atoms with van der Waals surface area (Å²) in [6.07, 6.45) is 0.877. The predicted octanol–water partition coefficient (Wildman–Crippen LogP) is 1.25. The van der Waals surface area contributed by atoms with Crippen LogP contribution >= 0.6 is 0 Å². The third kappa shape index (κ3) is 6.96. The standard InChI is InChI=1S/C22H27N3O3/c1-16(26)25-19(13-17-9-5-3-6-10-17)21(27)15-24-20(22(28)23-2)14-18-11-7-4-8-12-18/h3-12,19-20,24H,13-15H2,1-2H3,(H,23,28)(H,25,26)/t19-,20-/m0/s1. The van der Waals surface area contributed by atoms with Crippen LogP contribution in [-0.2, 0) is 27.2 Å². The molecule has 0 spiro atoms. The highest BCUT2D eigenvalue weighted by atomic mass is 16.2. The number of carbonyl (C=O) groups is 3. The monoisotopic (exact) mass is 381 g/mol. The van der Waals surface area contributed by atoms with Crippen LogP contribution in [0.3, 0.4) is 0 Å². The van der Waals surface area contributed by atoms with Gasteiger partial charge in [0.25, 0.3) is 0 Å². The van der Waals surface area contributed by atoms with Crippen molar-refractivity contribution < 1.29 is 14.4 Å². The van der Waals surface area contributed by atoms with E-state index >= 15 is 0 Å². The summed E-state index contributed by atoms with van der Waals surface area (Å²) in [6.45, 7) is 1.38. The van der Waals surface area contributed by atoms with Crippen LogP contribution in [0.15, 0.2) is 60.7 Å². The Hall–Kier alpha value is -2.99. The smallest absolute Gasteiger partial charge is 0.237 e. The summed E-state index contributed by atoms with van der Waals surface area (Å²) in [5, 5.41) is 8.39. The van der Waals surface area contributed by atoms with Crippen molar-refractivity contribution >= 4 is 17.6 Å². The lowest BCUT2D eigenvalue weighted by Gasteiger charge is -2.21. The van der Waals surface area contributed by atoms with Crippen molar-refractivity contribution in [2.75, 3.05) is 13.6 Å². The number of benzene rings is 2. The number of likely N-dealkylation sites (N-methyl/N-ethyl adjacent to an activating group) is 1. The average molecular weight is 381 g/mol. The lowest BCUT2D eigenvalue weighted by atomic mass is 10.0. The zero-order valence-corrected chi connectivity index (χ0v) is 16.3. The Kier molecular flexibility index (Phi) is 8.37. The summed E-state index contributed by atoms with van der Waals surface area (Å²) in [4.78, 5) is 36.5. The number of amides is 2. The summed E-state index contributed by atoms with van der Waals surface area (Å²) >= 11 is 0. The number of hydrogen-bond donors (Lipinski definition) is 3. The highest BCUT2D eigenvalue weighted by Crippen LogP contribution is 2.06. The third-order valence-corrected chi connectivity index (χ3v) is 4.42. The second-order valence-corrected chi connectivity index (χ2v) is 6.65. The molecule has 2 aromatic carbocycles. The highest BCUT2D eigenvalue weighted by Gasteiger charge is 2.23. The zero-order valence-electron chi connectivity index (χ0n) is 16.3. The van der Waals surface area contributed by atoms with Gasteiger partial charge in [-0.3, -0.25) is 19.7 Å². The van der Waals surface area contributed by atoms with Gasteiger partial charge in [0.05, 0.1) is 18.6 Å². The molecule has 0 heterocycles. The van der Waals surface area contributed by atoms with Crippen LogP contribution in [0.5, 0.6) is 0 Å². The Morgan fingerprint density at radius 3 is 1.79 bits per heavy atom. The Balaban J connectivity index is 2.02. The molecule has 6 heteroatoms. The zero-order chi connectivity index (χ0) is 20.4. The van der Waals surface area contributed by atoms with Gasteiger partial charge in [0, 0.05) is 14.0 Å². The molecular formula is C22H27N3O3. The van der Waals surface area contributed by atoms with Gasteiger partial charge in [0.15, 0.2) is 5.78 Å². The Labute approximate surface area is 165 Å².